The first-order chi connectivity index (χ1) is 16.2. The Morgan fingerprint density at radius 3 is 1.58 bits per heavy atom. The molecule has 1 saturated heterocycles. The van der Waals surface area contributed by atoms with Crippen LogP contribution in [0.2, 0.25) is 0 Å². The van der Waals surface area contributed by atoms with E-state index in [4.69, 9.17) is 18.9 Å². The number of benzene rings is 3. The van der Waals surface area contributed by atoms with E-state index in [0.717, 1.165) is 16.7 Å². The Kier molecular flexibility index (Phi) is 8.60. The van der Waals surface area contributed by atoms with Crippen LogP contribution in [0.5, 0.6) is 0 Å². The lowest BCUT2D eigenvalue weighted by Gasteiger charge is -2.42. The molecule has 1 aliphatic rings. The van der Waals surface area contributed by atoms with Gasteiger partial charge < -0.3 is 29.2 Å². The van der Waals surface area contributed by atoms with E-state index in [9.17, 15) is 10.2 Å². The van der Waals surface area contributed by atoms with Crippen LogP contribution < -0.4 is 0 Å². The molecule has 174 valence electrons. The van der Waals surface area contributed by atoms with Crippen molar-refractivity contribution in [1.82, 2.24) is 0 Å². The molecule has 0 bridgehead atoms. The molecule has 5 atom stereocenters. The van der Waals surface area contributed by atoms with E-state index in [-0.39, 0.29) is 19.8 Å². The average molecular weight is 451 g/mol. The predicted molar refractivity (Wildman–Crippen MR) is 123 cm³/mol. The molecular weight excluding hydrogens is 420 g/mol. The predicted octanol–water partition coefficient (Wildman–Crippen LogP) is 3.45. The first-order valence-corrected chi connectivity index (χ1v) is 11.1. The molecule has 1 aliphatic heterocycles. The molecule has 6 nitrogen and oxygen atoms in total. The summed E-state index contributed by atoms with van der Waals surface area (Å²) >= 11 is 0. The zero-order chi connectivity index (χ0) is 22.9. The summed E-state index contributed by atoms with van der Waals surface area (Å²) in [6, 6.07) is 29.1. The molecule has 0 amide bonds. The van der Waals surface area contributed by atoms with Gasteiger partial charge in [0.1, 0.15) is 24.4 Å². The lowest BCUT2D eigenvalue weighted by atomic mass is 9.98. The van der Waals surface area contributed by atoms with Crippen LogP contribution in [0.3, 0.4) is 0 Å². The summed E-state index contributed by atoms with van der Waals surface area (Å²) in [7, 11) is 0. The summed E-state index contributed by atoms with van der Waals surface area (Å²) < 4.78 is 23.5. The summed E-state index contributed by atoms with van der Waals surface area (Å²) in [6.07, 6.45) is -4.68. The van der Waals surface area contributed by atoms with Gasteiger partial charge in [-0.05, 0) is 16.7 Å². The smallest absolute Gasteiger partial charge is 0.184 e. The summed E-state index contributed by atoms with van der Waals surface area (Å²) in [5.41, 5.74) is 2.93. The van der Waals surface area contributed by atoms with Crippen molar-refractivity contribution in [2.24, 2.45) is 0 Å². The third kappa shape index (κ3) is 6.71. The maximum atomic E-state index is 11.1. The van der Waals surface area contributed by atoms with Crippen molar-refractivity contribution in [3.8, 4) is 0 Å². The van der Waals surface area contributed by atoms with Gasteiger partial charge in [-0.1, -0.05) is 91.0 Å². The Balaban J connectivity index is 1.41. The molecule has 3 unspecified atom stereocenters. The number of rotatable bonds is 10. The third-order valence-electron chi connectivity index (χ3n) is 5.60. The SMILES string of the molecule is O[C@H]1C(COCc2ccccc2)O[C@@H](O)C(OCc2ccccc2)C1OCc1ccccc1. The molecule has 0 saturated carbocycles. The van der Waals surface area contributed by atoms with Crippen LogP contribution in [0.4, 0.5) is 0 Å². The number of hydrogen-bond acceptors (Lipinski definition) is 6. The second kappa shape index (κ2) is 12.0. The van der Waals surface area contributed by atoms with Gasteiger partial charge in [0.25, 0.3) is 0 Å². The molecule has 0 aromatic heterocycles. The van der Waals surface area contributed by atoms with Gasteiger partial charge in [0.15, 0.2) is 6.29 Å². The number of ether oxygens (including phenoxy) is 4. The normalized spacial score (nSPS) is 25.1. The molecule has 33 heavy (non-hydrogen) atoms. The van der Waals surface area contributed by atoms with Crippen molar-refractivity contribution < 1.29 is 29.2 Å². The molecule has 0 aliphatic carbocycles. The van der Waals surface area contributed by atoms with Crippen molar-refractivity contribution in [2.75, 3.05) is 6.61 Å². The quantitative estimate of drug-likeness (QED) is 0.493. The molecule has 2 N–H and O–H groups in total. The summed E-state index contributed by atoms with van der Waals surface area (Å²) in [5, 5.41) is 21.8. The van der Waals surface area contributed by atoms with Gasteiger partial charge in [-0.15, -0.1) is 0 Å². The van der Waals surface area contributed by atoms with E-state index in [1.54, 1.807) is 0 Å². The summed E-state index contributed by atoms with van der Waals surface area (Å²) in [6.45, 7) is 1.04. The molecule has 6 heteroatoms. The minimum absolute atomic E-state index is 0.115. The fourth-order valence-corrected chi connectivity index (χ4v) is 3.81. The lowest BCUT2D eigenvalue weighted by molar-refractivity contribution is -0.309. The minimum atomic E-state index is -1.26. The highest BCUT2D eigenvalue weighted by molar-refractivity contribution is 5.15. The molecule has 0 radical (unpaired) electrons. The molecule has 1 heterocycles. The average Bonchev–Trinajstić information content (AvgIpc) is 2.86. The standard InChI is InChI=1S/C27H30O6/c28-24-23(19-30-16-20-10-4-1-5-11-20)33-27(29)26(32-18-22-14-8-3-9-15-22)25(24)31-17-21-12-6-2-7-13-21/h1-15,23-29H,16-19H2/t23?,24-,25?,26?,27+/m0/s1. The lowest BCUT2D eigenvalue weighted by Crippen LogP contribution is -2.60. The zero-order valence-corrected chi connectivity index (χ0v) is 18.4. The topological polar surface area (TPSA) is 77.4 Å². The Morgan fingerprint density at radius 1 is 0.606 bits per heavy atom. The second-order valence-electron chi connectivity index (χ2n) is 8.08. The van der Waals surface area contributed by atoms with E-state index >= 15 is 0 Å². The molecular formula is C27H30O6. The van der Waals surface area contributed by atoms with Gasteiger partial charge in [-0.2, -0.15) is 0 Å². The van der Waals surface area contributed by atoms with Crippen LogP contribution in [0.25, 0.3) is 0 Å². The fourth-order valence-electron chi connectivity index (χ4n) is 3.81. The van der Waals surface area contributed by atoms with E-state index in [2.05, 4.69) is 0 Å². The van der Waals surface area contributed by atoms with E-state index in [1.165, 1.54) is 0 Å². The number of hydrogen-bond donors (Lipinski definition) is 2. The van der Waals surface area contributed by atoms with Crippen molar-refractivity contribution in [3.63, 3.8) is 0 Å². The Morgan fingerprint density at radius 2 is 1.06 bits per heavy atom. The van der Waals surface area contributed by atoms with E-state index in [0.29, 0.717) is 6.61 Å². The maximum Gasteiger partial charge on any atom is 0.184 e. The van der Waals surface area contributed by atoms with Gasteiger partial charge in [0, 0.05) is 0 Å². The fraction of sp³-hybridized carbons (Fsp3) is 0.333. The third-order valence-corrected chi connectivity index (χ3v) is 5.60. The molecule has 3 aromatic rings. The van der Waals surface area contributed by atoms with Gasteiger partial charge in [-0.3, -0.25) is 0 Å². The number of aliphatic hydroxyl groups excluding tert-OH is 2. The zero-order valence-electron chi connectivity index (χ0n) is 18.4. The summed E-state index contributed by atoms with van der Waals surface area (Å²) in [5.74, 6) is 0. The Hall–Kier alpha value is -2.58. The first-order valence-electron chi connectivity index (χ1n) is 11.1. The van der Waals surface area contributed by atoms with Crippen LogP contribution in [-0.4, -0.2) is 47.5 Å². The van der Waals surface area contributed by atoms with Crippen LogP contribution in [0.1, 0.15) is 16.7 Å². The van der Waals surface area contributed by atoms with E-state index < -0.39 is 30.7 Å². The first kappa shape index (κ1) is 23.6. The van der Waals surface area contributed by atoms with Crippen molar-refractivity contribution in [2.45, 2.75) is 50.5 Å². The monoisotopic (exact) mass is 450 g/mol. The van der Waals surface area contributed by atoms with Gasteiger partial charge in [0.05, 0.1) is 26.4 Å². The van der Waals surface area contributed by atoms with Gasteiger partial charge in [-0.25, -0.2) is 0 Å². The molecule has 0 spiro atoms. The Labute approximate surface area is 194 Å². The van der Waals surface area contributed by atoms with Crippen molar-refractivity contribution in [1.29, 1.82) is 0 Å². The van der Waals surface area contributed by atoms with Crippen LogP contribution in [-0.2, 0) is 38.8 Å². The minimum Gasteiger partial charge on any atom is -0.387 e. The van der Waals surface area contributed by atoms with Crippen molar-refractivity contribution >= 4 is 0 Å². The highest BCUT2D eigenvalue weighted by Gasteiger charge is 2.46. The molecule has 4 rings (SSSR count). The van der Waals surface area contributed by atoms with Gasteiger partial charge >= 0.3 is 0 Å². The van der Waals surface area contributed by atoms with Crippen LogP contribution >= 0.6 is 0 Å². The van der Waals surface area contributed by atoms with E-state index in [1.807, 2.05) is 91.0 Å². The highest BCUT2D eigenvalue weighted by atomic mass is 16.7. The van der Waals surface area contributed by atoms with Gasteiger partial charge in [0.2, 0.25) is 0 Å². The van der Waals surface area contributed by atoms with Crippen LogP contribution in [0.15, 0.2) is 91.0 Å². The maximum absolute atomic E-state index is 11.1. The Bertz CT molecular complexity index is 937. The molecule has 3 aromatic carbocycles. The number of aliphatic hydroxyl groups is 2. The second-order valence-corrected chi connectivity index (χ2v) is 8.08. The molecule has 1 fully saturated rings. The van der Waals surface area contributed by atoms with Crippen LogP contribution in [0, 0.1) is 0 Å². The van der Waals surface area contributed by atoms with Crippen molar-refractivity contribution in [3.05, 3.63) is 108 Å². The highest BCUT2D eigenvalue weighted by Crippen LogP contribution is 2.27. The summed E-state index contributed by atoms with van der Waals surface area (Å²) in [4.78, 5) is 0. The largest absolute Gasteiger partial charge is 0.387 e.